The van der Waals surface area contributed by atoms with E-state index in [0.717, 1.165) is 0 Å². The summed E-state index contributed by atoms with van der Waals surface area (Å²) in [7, 11) is 0. The molecule has 0 amide bonds. The number of hydrogen-bond acceptors (Lipinski definition) is 2. The van der Waals surface area contributed by atoms with Gasteiger partial charge in [-0.1, -0.05) is 24.3 Å². The summed E-state index contributed by atoms with van der Waals surface area (Å²) in [4.78, 5) is 11.1. The minimum Gasteiger partial charge on any atom is -0.486 e. The van der Waals surface area contributed by atoms with Gasteiger partial charge >= 0.3 is 18.3 Å². The zero-order valence-electron chi connectivity index (χ0n) is 10.5. The fourth-order valence-corrected chi connectivity index (χ4v) is 1.82. The van der Waals surface area contributed by atoms with Gasteiger partial charge < -0.3 is 9.84 Å². The SMILES string of the molecule is O=C(O)c1ccc(OCC(F)(F)C(F)F)c2ccccc12. The highest BCUT2D eigenvalue weighted by Gasteiger charge is 2.41. The summed E-state index contributed by atoms with van der Waals surface area (Å²) in [6.45, 7) is -1.49. The van der Waals surface area contributed by atoms with Crippen LogP contribution in [-0.2, 0) is 0 Å². The van der Waals surface area contributed by atoms with Gasteiger partial charge in [-0.05, 0) is 17.5 Å². The van der Waals surface area contributed by atoms with Crippen molar-refractivity contribution in [3.8, 4) is 5.75 Å². The lowest BCUT2D eigenvalue weighted by molar-refractivity contribution is -0.148. The van der Waals surface area contributed by atoms with Crippen LogP contribution in [0.15, 0.2) is 36.4 Å². The maximum atomic E-state index is 12.9. The fourth-order valence-electron chi connectivity index (χ4n) is 1.82. The Morgan fingerprint density at radius 2 is 1.76 bits per heavy atom. The molecule has 0 radical (unpaired) electrons. The van der Waals surface area contributed by atoms with E-state index in [1.807, 2.05) is 0 Å². The summed E-state index contributed by atoms with van der Waals surface area (Å²) in [5.74, 6) is -5.53. The van der Waals surface area contributed by atoms with Crippen LogP contribution in [-0.4, -0.2) is 30.0 Å². The molecule has 2 aromatic rings. The van der Waals surface area contributed by atoms with E-state index in [1.165, 1.54) is 24.3 Å². The number of fused-ring (bicyclic) bond motifs is 1. The van der Waals surface area contributed by atoms with E-state index in [4.69, 9.17) is 9.84 Å². The second-order valence-corrected chi connectivity index (χ2v) is 4.31. The van der Waals surface area contributed by atoms with Crippen molar-refractivity contribution in [2.75, 3.05) is 6.61 Å². The molecule has 0 unspecified atom stereocenters. The normalized spacial score (nSPS) is 11.9. The summed E-state index contributed by atoms with van der Waals surface area (Å²) < 4.78 is 54.7. The Hall–Kier alpha value is -2.31. The highest BCUT2D eigenvalue weighted by Crippen LogP contribution is 2.31. The van der Waals surface area contributed by atoms with Crippen molar-refractivity contribution in [3.05, 3.63) is 42.0 Å². The van der Waals surface area contributed by atoms with Gasteiger partial charge in [0.25, 0.3) is 0 Å². The summed E-state index contributed by atoms with van der Waals surface area (Å²) >= 11 is 0. The molecule has 0 aromatic heterocycles. The topological polar surface area (TPSA) is 46.5 Å². The number of rotatable bonds is 5. The van der Waals surface area contributed by atoms with E-state index in [2.05, 4.69) is 0 Å². The van der Waals surface area contributed by atoms with Crippen LogP contribution in [0.25, 0.3) is 10.8 Å². The van der Waals surface area contributed by atoms with Crippen molar-refractivity contribution in [2.24, 2.45) is 0 Å². The van der Waals surface area contributed by atoms with E-state index < -0.39 is 24.9 Å². The molecule has 0 atom stereocenters. The van der Waals surface area contributed by atoms with Gasteiger partial charge in [0.05, 0.1) is 5.56 Å². The predicted molar refractivity (Wildman–Crippen MR) is 67.4 cm³/mol. The van der Waals surface area contributed by atoms with Crippen LogP contribution >= 0.6 is 0 Å². The average Bonchev–Trinajstić information content (AvgIpc) is 2.44. The number of ether oxygens (including phenoxy) is 1. The maximum absolute atomic E-state index is 12.9. The van der Waals surface area contributed by atoms with Crippen LogP contribution in [0.5, 0.6) is 5.75 Å². The lowest BCUT2D eigenvalue weighted by Crippen LogP contribution is -2.33. The number of aromatic carboxylic acids is 1. The molecule has 0 fully saturated rings. The Kier molecular flexibility index (Phi) is 4.02. The molecule has 21 heavy (non-hydrogen) atoms. The number of carbonyl (C=O) groups is 1. The van der Waals surface area contributed by atoms with Crippen molar-refractivity contribution in [2.45, 2.75) is 12.3 Å². The van der Waals surface area contributed by atoms with Gasteiger partial charge in [0.1, 0.15) is 5.75 Å². The van der Waals surface area contributed by atoms with Crippen molar-refractivity contribution >= 4 is 16.7 Å². The number of halogens is 4. The third-order valence-corrected chi connectivity index (χ3v) is 2.85. The van der Waals surface area contributed by atoms with E-state index in [0.29, 0.717) is 0 Å². The molecule has 0 aliphatic rings. The Bertz CT molecular complexity index is 670. The molecule has 0 heterocycles. The molecule has 112 valence electrons. The largest absolute Gasteiger partial charge is 0.486 e. The Labute approximate surface area is 116 Å². The minimum atomic E-state index is -4.27. The van der Waals surface area contributed by atoms with Gasteiger partial charge in [0.2, 0.25) is 0 Å². The second-order valence-electron chi connectivity index (χ2n) is 4.31. The number of alkyl halides is 4. The molecular formula is C14H10F4O3. The van der Waals surface area contributed by atoms with Gasteiger partial charge in [0.15, 0.2) is 6.61 Å². The quantitative estimate of drug-likeness (QED) is 0.854. The number of carboxylic acids is 1. The molecule has 1 N–H and O–H groups in total. The van der Waals surface area contributed by atoms with Crippen molar-refractivity contribution < 1.29 is 32.2 Å². The van der Waals surface area contributed by atoms with Gasteiger partial charge in [-0.15, -0.1) is 0 Å². The minimum absolute atomic E-state index is 0.0291. The second kappa shape index (κ2) is 5.59. The molecule has 0 aliphatic heterocycles. The molecule has 0 aliphatic carbocycles. The van der Waals surface area contributed by atoms with Crippen LogP contribution in [0.2, 0.25) is 0 Å². The highest BCUT2D eigenvalue weighted by molar-refractivity contribution is 6.05. The van der Waals surface area contributed by atoms with Gasteiger partial charge in [0, 0.05) is 5.39 Å². The molecular weight excluding hydrogens is 292 g/mol. The lowest BCUT2D eigenvalue weighted by Gasteiger charge is -2.17. The predicted octanol–water partition coefficient (Wildman–Crippen LogP) is 3.82. The van der Waals surface area contributed by atoms with Gasteiger partial charge in [-0.2, -0.15) is 8.78 Å². The van der Waals surface area contributed by atoms with Crippen molar-refractivity contribution in [1.82, 2.24) is 0 Å². The zero-order chi connectivity index (χ0) is 15.6. The maximum Gasteiger partial charge on any atom is 0.340 e. The zero-order valence-corrected chi connectivity index (χ0v) is 10.5. The number of benzene rings is 2. The smallest absolute Gasteiger partial charge is 0.340 e. The number of carboxylic acid groups (broad SMARTS) is 1. The van der Waals surface area contributed by atoms with E-state index >= 15 is 0 Å². The third-order valence-electron chi connectivity index (χ3n) is 2.85. The van der Waals surface area contributed by atoms with Gasteiger partial charge in [-0.3, -0.25) is 0 Å². The monoisotopic (exact) mass is 302 g/mol. The molecule has 7 heteroatoms. The summed E-state index contributed by atoms with van der Waals surface area (Å²) in [5.41, 5.74) is -0.0291. The first kappa shape index (κ1) is 15.1. The Morgan fingerprint density at radius 3 is 2.33 bits per heavy atom. The van der Waals surface area contributed by atoms with E-state index in [-0.39, 0.29) is 22.1 Å². The molecule has 0 saturated carbocycles. The summed E-state index contributed by atoms with van der Waals surface area (Å²) in [6.07, 6.45) is -3.83. The van der Waals surface area contributed by atoms with Crippen molar-refractivity contribution in [1.29, 1.82) is 0 Å². The van der Waals surface area contributed by atoms with E-state index in [9.17, 15) is 22.4 Å². The Balaban J connectivity index is 2.38. The molecule has 0 bridgehead atoms. The average molecular weight is 302 g/mol. The molecule has 2 rings (SSSR count). The Morgan fingerprint density at radius 1 is 1.14 bits per heavy atom. The molecule has 3 nitrogen and oxygen atoms in total. The van der Waals surface area contributed by atoms with Crippen LogP contribution in [0.4, 0.5) is 17.6 Å². The first-order valence-electron chi connectivity index (χ1n) is 5.87. The summed E-state index contributed by atoms with van der Waals surface area (Å²) in [5, 5.41) is 9.59. The first-order valence-corrected chi connectivity index (χ1v) is 5.87. The first-order chi connectivity index (χ1) is 9.83. The van der Waals surface area contributed by atoms with E-state index in [1.54, 1.807) is 12.1 Å². The summed E-state index contributed by atoms with van der Waals surface area (Å²) in [6, 6.07) is 8.45. The fraction of sp³-hybridized carbons (Fsp3) is 0.214. The highest BCUT2D eigenvalue weighted by atomic mass is 19.3. The van der Waals surface area contributed by atoms with Crippen molar-refractivity contribution in [3.63, 3.8) is 0 Å². The lowest BCUT2D eigenvalue weighted by atomic mass is 10.0. The molecule has 0 spiro atoms. The van der Waals surface area contributed by atoms with Gasteiger partial charge in [-0.25, -0.2) is 13.6 Å². The molecule has 0 saturated heterocycles. The third kappa shape index (κ3) is 3.07. The standard InChI is InChI=1S/C14H10F4O3/c15-13(16)14(17,18)7-21-11-6-5-10(12(19)20)8-3-1-2-4-9(8)11/h1-6,13H,7H2,(H,19,20). The van der Waals surface area contributed by atoms with Crippen LogP contribution in [0, 0.1) is 0 Å². The molecule has 2 aromatic carbocycles. The number of hydrogen-bond donors (Lipinski definition) is 1. The van der Waals surface area contributed by atoms with Crippen LogP contribution in [0.1, 0.15) is 10.4 Å². The van der Waals surface area contributed by atoms with Crippen LogP contribution in [0.3, 0.4) is 0 Å². The van der Waals surface area contributed by atoms with Crippen LogP contribution < -0.4 is 4.74 Å².